The summed E-state index contributed by atoms with van der Waals surface area (Å²) in [5.41, 5.74) is 0.724. The number of rotatable bonds is 3. The Morgan fingerprint density at radius 1 is 1.38 bits per heavy atom. The highest BCUT2D eigenvalue weighted by atomic mass is 16.5. The van der Waals surface area contributed by atoms with Crippen molar-refractivity contribution in [2.45, 2.75) is 13.3 Å². The van der Waals surface area contributed by atoms with E-state index in [1.807, 2.05) is 19.1 Å². The Bertz CT molecular complexity index is 428. The fraction of sp³-hybridized carbons (Fsp3) is 0.333. The zero-order valence-corrected chi connectivity index (χ0v) is 9.10. The lowest BCUT2D eigenvalue weighted by Gasteiger charge is -2.15. The van der Waals surface area contributed by atoms with Gasteiger partial charge in [0.2, 0.25) is 5.91 Å². The molecule has 1 amide bonds. The summed E-state index contributed by atoms with van der Waals surface area (Å²) in [6, 6.07) is 7.23. The highest BCUT2D eigenvalue weighted by Crippen LogP contribution is 2.24. The minimum absolute atomic E-state index is 0.0128. The molecule has 0 aliphatic carbocycles. The van der Waals surface area contributed by atoms with Gasteiger partial charge < -0.3 is 9.64 Å². The number of benzene rings is 1. The summed E-state index contributed by atoms with van der Waals surface area (Å²) in [5, 5.41) is 0. The topological polar surface area (TPSA) is 46.6 Å². The molecule has 0 N–H and O–H groups in total. The molecule has 0 unspecified atom stereocenters. The van der Waals surface area contributed by atoms with Crippen molar-refractivity contribution >= 4 is 17.4 Å². The van der Waals surface area contributed by atoms with E-state index in [-0.39, 0.29) is 24.7 Å². The van der Waals surface area contributed by atoms with E-state index >= 15 is 0 Å². The summed E-state index contributed by atoms with van der Waals surface area (Å²) >= 11 is 0. The van der Waals surface area contributed by atoms with E-state index in [2.05, 4.69) is 0 Å². The average Bonchev–Trinajstić information content (AvgIpc) is 2.59. The van der Waals surface area contributed by atoms with Gasteiger partial charge in [0, 0.05) is 11.8 Å². The van der Waals surface area contributed by atoms with Crippen LogP contribution in [0.2, 0.25) is 0 Å². The van der Waals surface area contributed by atoms with E-state index in [1.54, 1.807) is 12.1 Å². The summed E-state index contributed by atoms with van der Waals surface area (Å²) in [6.45, 7) is 2.65. The van der Waals surface area contributed by atoms with Gasteiger partial charge in [-0.15, -0.1) is 0 Å². The lowest BCUT2D eigenvalue weighted by molar-refractivity contribution is -0.121. The van der Waals surface area contributed by atoms with E-state index in [4.69, 9.17) is 4.74 Å². The lowest BCUT2D eigenvalue weighted by atomic mass is 10.3. The average molecular weight is 219 g/mol. The summed E-state index contributed by atoms with van der Waals surface area (Å²) < 4.78 is 5.35. The van der Waals surface area contributed by atoms with E-state index in [0.29, 0.717) is 12.4 Å². The first kappa shape index (κ1) is 10.7. The van der Waals surface area contributed by atoms with Crippen molar-refractivity contribution in [3.05, 3.63) is 24.3 Å². The van der Waals surface area contributed by atoms with Crippen LogP contribution in [-0.2, 0) is 9.59 Å². The maximum Gasteiger partial charge on any atom is 0.234 e. The number of anilines is 1. The molecular formula is C12H13NO3. The van der Waals surface area contributed by atoms with Crippen molar-refractivity contribution in [3.63, 3.8) is 0 Å². The monoisotopic (exact) mass is 219 g/mol. The van der Waals surface area contributed by atoms with Crippen LogP contribution in [0.4, 0.5) is 5.69 Å². The third-order valence-corrected chi connectivity index (χ3v) is 2.42. The summed E-state index contributed by atoms with van der Waals surface area (Å²) in [5.74, 6) is 0.539. The SMILES string of the molecule is CCOc1cccc(N2CC(=O)CC2=O)c1. The third-order valence-electron chi connectivity index (χ3n) is 2.42. The number of hydrogen-bond acceptors (Lipinski definition) is 3. The van der Waals surface area contributed by atoms with Crippen LogP contribution in [0.5, 0.6) is 5.75 Å². The Kier molecular flexibility index (Phi) is 2.90. The lowest BCUT2D eigenvalue weighted by Crippen LogP contribution is -2.24. The number of carbonyl (C=O) groups is 2. The van der Waals surface area contributed by atoms with Crippen LogP contribution in [0.3, 0.4) is 0 Å². The number of ether oxygens (including phenoxy) is 1. The molecule has 84 valence electrons. The number of hydrogen-bond donors (Lipinski definition) is 0. The molecule has 2 rings (SSSR count). The van der Waals surface area contributed by atoms with Gasteiger partial charge in [0.1, 0.15) is 5.75 Å². The molecule has 4 heteroatoms. The van der Waals surface area contributed by atoms with Gasteiger partial charge in [-0.2, -0.15) is 0 Å². The maximum absolute atomic E-state index is 11.5. The minimum atomic E-state index is -0.140. The van der Waals surface area contributed by atoms with Crippen molar-refractivity contribution in [1.82, 2.24) is 0 Å². The van der Waals surface area contributed by atoms with Gasteiger partial charge in [0.05, 0.1) is 19.6 Å². The molecule has 0 saturated carbocycles. The van der Waals surface area contributed by atoms with Crippen LogP contribution in [0.25, 0.3) is 0 Å². The Morgan fingerprint density at radius 2 is 2.19 bits per heavy atom. The fourth-order valence-electron chi connectivity index (χ4n) is 1.73. The van der Waals surface area contributed by atoms with Crippen molar-refractivity contribution in [2.24, 2.45) is 0 Å². The van der Waals surface area contributed by atoms with Crippen molar-refractivity contribution in [1.29, 1.82) is 0 Å². The molecule has 1 saturated heterocycles. The molecule has 1 fully saturated rings. The van der Waals surface area contributed by atoms with Crippen LogP contribution in [-0.4, -0.2) is 24.8 Å². The van der Waals surface area contributed by atoms with Crippen molar-refractivity contribution in [2.75, 3.05) is 18.1 Å². The van der Waals surface area contributed by atoms with Crippen molar-refractivity contribution < 1.29 is 14.3 Å². The largest absolute Gasteiger partial charge is 0.494 e. The molecule has 0 radical (unpaired) electrons. The fourth-order valence-corrected chi connectivity index (χ4v) is 1.73. The number of nitrogens with zero attached hydrogens (tertiary/aromatic N) is 1. The molecule has 0 aromatic heterocycles. The smallest absolute Gasteiger partial charge is 0.234 e. The van der Waals surface area contributed by atoms with Crippen LogP contribution < -0.4 is 9.64 Å². The standard InChI is InChI=1S/C12H13NO3/c1-2-16-11-5-3-4-9(6-11)13-8-10(14)7-12(13)15/h3-6H,2,7-8H2,1H3. The molecule has 0 atom stereocenters. The Balaban J connectivity index is 2.23. The first-order valence-corrected chi connectivity index (χ1v) is 5.25. The first-order valence-electron chi connectivity index (χ1n) is 5.25. The molecule has 1 aliphatic heterocycles. The highest BCUT2D eigenvalue weighted by Gasteiger charge is 2.28. The Hall–Kier alpha value is -1.84. The predicted molar refractivity (Wildman–Crippen MR) is 59.6 cm³/mol. The van der Waals surface area contributed by atoms with Gasteiger partial charge >= 0.3 is 0 Å². The molecule has 16 heavy (non-hydrogen) atoms. The van der Waals surface area contributed by atoms with Crippen LogP contribution >= 0.6 is 0 Å². The Morgan fingerprint density at radius 3 is 2.81 bits per heavy atom. The highest BCUT2D eigenvalue weighted by molar-refractivity contribution is 6.15. The zero-order chi connectivity index (χ0) is 11.5. The number of carbonyl (C=O) groups excluding carboxylic acids is 2. The summed E-state index contributed by atoms with van der Waals surface area (Å²) in [4.78, 5) is 24.2. The molecule has 1 aromatic carbocycles. The molecule has 1 heterocycles. The molecule has 4 nitrogen and oxygen atoms in total. The third kappa shape index (κ3) is 2.05. The van der Waals surface area contributed by atoms with Gasteiger partial charge in [-0.25, -0.2) is 0 Å². The number of amides is 1. The molecular weight excluding hydrogens is 206 g/mol. The number of Topliss-reactive ketones (excluding diaryl/α,β-unsaturated/α-hetero) is 1. The van der Waals surface area contributed by atoms with E-state index in [1.165, 1.54) is 4.90 Å². The zero-order valence-electron chi connectivity index (χ0n) is 9.10. The van der Waals surface area contributed by atoms with E-state index < -0.39 is 0 Å². The van der Waals surface area contributed by atoms with Crippen LogP contribution in [0.1, 0.15) is 13.3 Å². The Labute approximate surface area is 93.8 Å². The molecule has 1 aromatic rings. The van der Waals surface area contributed by atoms with Gasteiger partial charge in [-0.3, -0.25) is 9.59 Å². The minimum Gasteiger partial charge on any atom is -0.494 e. The van der Waals surface area contributed by atoms with E-state index in [0.717, 1.165) is 5.69 Å². The molecule has 0 spiro atoms. The van der Waals surface area contributed by atoms with E-state index in [9.17, 15) is 9.59 Å². The summed E-state index contributed by atoms with van der Waals surface area (Å²) in [6.07, 6.45) is 0.0128. The maximum atomic E-state index is 11.5. The van der Waals surface area contributed by atoms with Gasteiger partial charge in [0.15, 0.2) is 5.78 Å². The predicted octanol–water partition coefficient (Wildman–Crippen LogP) is 1.39. The first-order chi connectivity index (χ1) is 7.70. The van der Waals surface area contributed by atoms with Gasteiger partial charge in [-0.1, -0.05) is 6.07 Å². The number of ketones is 1. The van der Waals surface area contributed by atoms with Crippen LogP contribution in [0, 0.1) is 0 Å². The van der Waals surface area contributed by atoms with Gasteiger partial charge in [0.25, 0.3) is 0 Å². The van der Waals surface area contributed by atoms with Gasteiger partial charge in [-0.05, 0) is 19.1 Å². The summed E-state index contributed by atoms with van der Waals surface area (Å²) in [7, 11) is 0. The quantitative estimate of drug-likeness (QED) is 0.722. The van der Waals surface area contributed by atoms with Crippen LogP contribution in [0.15, 0.2) is 24.3 Å². The second-order valence-electron chi connectivity index (χ2n) is 3.63. The second-order valence-corrected chi connectivity index (χ2v) is 3.63. The normalized spacial score (nSPS) is 15.7. The second kappa shape index (κ2) is 4.35. The molecule has 1 aliphatic rings. The van der Waals surface area contributed by atoms with Crippen molar-refractivity contribution in [3.8, 4) is 5.75 Å². The molecule has 0 bridgehead atoms.